The molecule has 9 nitrogen and oxygen atoms in total. The van der Waals surface area contributed by atoms with E-state index in [0.29, 0.717) is 54.1 Å². The Balaban J connectivity index is 1.50. The molecule has 1 N–H and O–H groups in total. The molecular weight excluding hydrogens is 632 g/mol. The van der Waals surface area contributed by atoms with E-state index in [1.807, 2.05) is 25.1 Å². The van der Waals surface area contributed by atoms with Crippen LogP contribution in [0.25, 0.3) is 0 Å². The second-order valence-electron chi connectivity index (χ2n) is 13.5. The van der Waals surface area contributed by atoms with Gasteiger partial charge in [-0.25, -0.2) is 0 Å². The van der Waals surface area contributed by atoms with Crippen molar-refractivity contribution in [1.82, 2.24) is 9.80 Å². The molecule has 2 atom stereocenters. The van der Waals surface area contributed by atoms with Gasteiger partial charge in [0.15, 0.2) is 23.0 Å². The van der Waals surface area contributed by atoms with Crippen molar-refractivity contribution < 1.29 is 33.5 Å². The van der Waals surface area contributed by atoms with Crippen LogP contribution in [0.3, 0.4) is 0 Å². The number of hydrogen-bond donors (Lipinski definition) is 1. The molecule has 264 valence electrons. The number of likely N-dealkylation sites (N-methyl/N-ethyl adjacent to an activating group) is 2. The fourth-order valence-corrected chi connectivity index (χ4v) is 7.92. The summed E-state index contributed by atoms with van der Waals surface area (Å²) in [4.78, 5) is 4.78. The third kappa shape index (κ3) is 6.28. The van der Waals surface area contributed by atoms with Crippen molar-refractivity contribution in [3.8, 4) is 40.2 Å². The first kappa shape index (κ1) is 34.2. The van der Waals surface area contributed by atoms with Gasteiger partial charge >= 0.3 is 0 Å². The summed E-state index contributed by atoms with van der Waals surface area (Å²) in [7, 11) is 9.33. The first-order valence-electron chi connectivity index (χ1n) is 17.5. The van der Waals surface area contributed by atoms with Crippen LogP contribution in [0.2, 0.25) is 0 Å². The van der Waals surface area contributed by atoms with Gasteiger partial charge in [-0.3, -0.25) is 9.80 Å². The number of fused-ring (bicyclic) bond motifs is 2. The van der Waals surface area contributed by atoms with Crippen molar-refractivity contribution in [1.29, 1.82) is 0 Å². The molecule has 9 heteroatoms. The zero-order valence-corrected chi connectivity index (χ0v) is 30.0. The number of benzene rings is 4. The topological polar surface area (TPSA) is 82.1 Å². The predicted molar refractivity (Wildman–Crippen MR) is 192 cm³/mol. The van der Waals surface area contributed by atoms with E-state index in [9.17, 15) is 5.11 Å². The summed E-state index contributed by atoms with van der Waals surface area (Å²) in [5.74, 6) is 4.45. The van der Waals surface area contributed by atoms with Crippen LogP contribution in [0.15, 0.2) is 54.6 Å². The van der Waals surface area contributed by atoms with Crippen LogP contribution >= 0.6 is 0 Å². The van der Waals surface area contributed by atoms with Crippen LogP contribution in [0, 0.1) is 0 Å². The zero-order valence-electron chi connectivity index (χ0n) is 30.0. The summed E-state index contributed by atoms with van der Waals surface area (Å²) < 4.78 is 37.7. The van der Waals surface area contributed by atoms with Crippen molar-refractivity contribution in [3.05, 3.63) is 99.1 Å². The Labute approximate surface area is 295 Å². The van der Waals surface area contributed by atoms with Gasteiger partial charge < -0.3 is 33.5 Å². The fourth-order valence-electron chi connectivity index (χ4n) is 7.92. The molecule has 0 aromatic heterocycles. The van der Waals surface area contributed by atoms with Crippen LogP contribution in [0.1, 0.15) is 63.5 Å². The van der Waals surface area contributed by atoms with E-state index < -0.39 is 0 Å². The number of ether oxygens (including phenoxy) is 6. The summed E-state index contributed by atoms with van der Waals surface area (Å²) in [5, 5.41) is 10.7. The first-order valence-corrected chi connectivity index (χ1v) is 17.5. The van der Waals surface area contributed by atoms with Crippen LogP contribution in [-0.2, 0) is 43.6 Å². The number of hydrogen-bond acceptors (Lipinski definition) is 9. The maximum absolute atomic E-state index is 10.7. The van der Waals surface area contributed by atoms with Gasteiger partial charge in [0, 0.05) is 48.5 Å². The lowest BCUT2D eigenvalue weighted by Gasteiger charge is -2.38. The second kappa shape index (κ2) is 14.5. The average molecular weight is 681 g/mol. The Morgan fingerprint density at radius 3 is 2.22 bits per heavy atom. The van der Waals surface area contributed by atoms with E-state index in [1.54, 1.807) is 21.3 Å². The highest BCUT2D eigenvalue weighted by molar-refractivity contribution is 5.67. The summed E-state index contributed by atoms with van der Waals surface area (Å²) >= 11 is 0. The fraction of sp³-hybridized carbons (Fsp3) is 0.415. The highest BCUT2D eigenvalue weighted by Gasteiger charge is 2.37. The van der Waals surface area contributed by atoms with E-state index >= 15 is 0 Å². The number of nitrogens with zero attached hydrogens (tertiary/aromatic N) is 2. The maximum Gasteiger partial charge on any atom is 0.204 e. The van der Waals surface area contributed by atoms with Gasteiger partial charge in [0.05, 0.1) is 34.5 Å². The monoisotopic (exact) mass is 680 g/mol. The average Bonchev–Trinajstić information content (AvgIpc) is 3.13. The number of rotatable bonds is 7. The molecular formula is C41H48N2O7. The van der Waals surface area contributed by atoms with Gasteiger partial charge in [-0.15, -0.1) is 0 Å². The molecule has 4 aliphatic rings. The first-order chi connectivity index (χ1) is 24.4. The normalized spacial score (nSPS) is 18.7. The molecule has 0 fully saturated rings. The van der Waals surface area contributed by atoms with Crippen LogP contribution in [-0.4, -0.2) is 70.0 Å². The Bertz CT molecular complexity index is 1860. The van der Waals surface area contributed by atoms with Crippen LogP contribution < -0.4 is 23.7 Å². The van der Waals surface area contributed by atoms with E-state index in [1.165, 1.54) is 16.7 Å². The Kier molecular flexibility index (Phi) is 9.93. The lowest BCUT2D eigenvalue weighted by atomic mass is 9.84. The molecule has 4 aliphatic heterocycles. The Morgan fingerprint density at radius 2 is 1.50 bits per heavy atom. The highest BCUT2D eigenvalue weighted by Crippen LogP contribution is 2.53. The molecule has 4 aromatic rings. The molecule has 0 unspecified atom stereocenters. The predicted octanol–water partition coefficient (Wildman–Crippen LogP) is 7.18. The molecule has 4 heterocycles. The van der Waals surface area contributed by atoms with Crippen molar-refractivity contribution in [2.45, 2.75) is 57.9 Å². The molecule has 8 rings (SSSR count). The summed E-state index contributed by atoms with van der Waals surface area (Å²) in [6.45, 7) is 4.58. The minimum atomic E-state index is -0.146. The minimum Gasteiger partial charge on any atom is -0.493 e. The molecule has 0 radical (unpaired) electrons. The molecule has 0 saturated carbocycles. The maximum atomic E-state index is 10.7. The van der Waals surface area contributed by atoms with Crippen molar-refractivity contribution in [2.24, 2.45) is 0 Å². The van der Waals surface area contributed by atoms with Gasteiger partial charge in [0.2, 0.25) is 5.75 Å². The molecule has 0 amide bonds. The van der Waals surface area contributed by atoms with Crippen LogP contribution in [0.4, 0.5) is 0 Å². The molecule has 0 spiro atoms. The Hall–Kier alpha value is -4.28. The van der Waals surface area contributed by atoms with E-state index in [-0.39, 0.29) is 18.7 Å². The van der Waals surface area contributed by atoms with Crippen LogP contribution in [0.5, 0.6) is 40.2 Å². The number of aliphatic hydroxyl groups is 1. The summed E-state index contributed by atoms with van der Waals surface area (Å²) in [6.07, 6.45) is 3.17. The smallest absolute Gasteiger partial charge is 0.204 e. The zero-order chi connectivity index (χ0) is 34.9. The molecule has 0 saturated heterocycles. The lowest BCUT2D eigenvalue weighted by Crippen LogP contribution is -2.35. The third-order valence-electron chi connectivity index (χ3n) is 10.6. The minimum absolute atomic E-state index is 0.0811. The van der Waals surface area contributed by atoms with E-state index in [2.05, 4.69) is 60.3 Å². The quantitative estimate of drug-likeness (QED) is 0.218. The van der Waals surface area contributed by atoms with Gasteiger partial charge in [-0.05, 0) is 111 Å². The summed E-state index contributed by atoms with van der Waals surface area (Å²) in [6, 6.07) is 18.8. The highest BCUT2D eigenvalue weighted by atomic mass is 16.5. The summed E-state index contributed by atoms with van der Waals surface area (Å²) in [5.41, 5.74) is 8.64. The Morgan fingerprint density at radius 1 is 0.780 bits per heavy atom. The van der Waals surface area contributed by atoms with Gasteiger partial charge in [0.25, 0.3) is 0 Å². The van der Waals surface area contributed by atoms with E-state index in [0.717, 1.165) is 65.9 Å². The molecule has 50 heavy (non-hydrogen) atoms. The largest absolute Gasteiger partial charge is 0.493 e. The standard InChI is InChI=1S/C41H48N2O7/c1-7-48-24-32-30-15-17-43(3)34-19-26-10-13-35(45-4)37(20-26)49-29-11-8-25(9-12-29)18-33-31-22-36(28(23-44)21-27(31)14-16-42(33)2)50-40(38(30)34)41(47-6)39(32)46-5/h8-13,20-22,33-34,44H,7,14-19,23-24H2,1-6H3/t33-,34-/m0/s1. The molecule has 4 aromatic carbocycles. The van der Waals surface area contributed by atoms with Gasteiger partial charge in [-0.1, -0.05) is 18.2 Å². The lowest BCUT2D eigenvalue weighted by molar-refractivity contribution is 0.129. The molecule has 0 aliphatic carbocycles. The molecule has 6 bridgehead atoms. The third-order valence-corrected chi connectivity index (χ3v) is 10.6. The van der Waals surface area contributed by atoms with Crippen molar-refractivity contribution in [2.75, 3.05) is 55.1 Å². The number of methoxy groups -OCH3 is 3. The van der Waals surface area contributed by atoms with Crippen molar-refractivity contribution >= 4 is 0 Å². The second-order valence-corrected chi connectivity index (χ2v) is 13.5. The SMILES string of the molecule is CCOCc1c2c3c(c(OC)c1OC)Oc1cc4c(cc1CO)CCN(C)[C@H]4Cc1ccc(cc1)Oc1cc(ccc1OC)C[C@@H]3N(C)CC2. The van der Waals surface area contributed by atoms with E-state index in [4.69, 9.17) is 28.4 Å². The van der Waals surface area contributed by atoms with Crippen molar-refractivity contribution in [3.63, 3.8) is 0 Å². The number of aliphatic hydroxyl groups excluding tert-OH is 1. The van der Waals surface area contributed by atoms with Gasteiger partial charge in [-0.2, -0.15) is 0 Å². The van der Waals surface area contributed by atoms with Gasteiger partial charge in [0.1, 0.15) is 11.5 Å².